The van der Waals surface area contributed by atoms with Gasteiger partial charge in [0.05, 0.1) is 21.3 Å². The molecule has 0 unspecified atom stereocenters. The van der Waals surface area contributed by atoms with Crippen molar-refractivity contribution in [3.8, 4) is 17.2 Å². The summed E-state index contributed by atoms with van der Waals surface area (Å²) in [6, 6.07) is 23.9. The molecule has 0 heterocycles. The second-order valence-electron chi connectivity index (χ2n) is 10.5. The van der Waals surface area contributed by atoms with Gasteiger partial charge in [0.25, 0.3) is 0 Å². The molecule has 0 amide bonds. The average Bonchev–Trinajstić information content (AvgIpc) is 2.96. The Morgan fingerprint density at radius 3 is 0.492 bits per heavy atom. The van der Waals surface area contributed by atoms with Gasteiger partial charge in [-0.15, -0.1) is 0 Å². The van der Waals surface area contributed by atoms with Crippen molar-refractivity contribution in [3.05, 3.63) is 89.5 Å². The Morgan fingerprint density at radius 1 is 0.305 bits per heavy atom. The zero-order valence-corrected chi connectivity index (χ0v) is 30.9. The minimum atomic E-state index is 0. The van der Waals surface area contributed by atoms with Crippen molar-refractivity contribution < 1.29 is 14.2 Å². The minimum Gasteiger partial charge on any atom is -0.497 e. The first-order valence-electron chi connectivity index (χ1n) is 15.5. The van der Waals surface area contributed by atoms with Gasteiger partial charge in [0.2, 0.25) is 0 Å². The Morgan fingerprint density at radius 2 is 0.424 bits per heavy atom. The molecule has 0 fully saturated rings. The average molecular weight is 858 g/mol. The second-order valence-corrected chi connectivity index (χ2v) is 10.5. The maximum Gasteiger partial charge on any atom is 0.118 e. The molecule has 3 rings (SSSR count). The number of nitrogens with zero attached hydrogens (tertiary/aromatic N) is 2. The van der Waals surface area contributed by atoms with Gasteiger partial charge in [-0.3, -0.25) is 9.80 Å². The number of rotatable bonds is 5. The standard InChI is InChI=1S/3C8H10O.C5H14N2.3C3H8.16CH4/c3*1-7-3-5-8(9-2)6-4-7;1-6(2)5-7(3)4;3*1-3-2;;;;;;;;;;;;;;;;/h3*3-6H,1-2H3;5H2,1-4H3;3*3H2,1-2H3;16*1H4. The number of methoxy groups -OCH3 is 3. The summed E-state index contributed by atoms with van der Waals surface area (Å²) in [5.74, 6) is 2.75. The van der Waals surface area contributed by atoms with Crippen LogP contribution in [0.15, 0.2) is 72.8 Å². The lowest BCUT2D eigenvalue weighted by molar-refractivity contribution is 0.245. The lowest BCUT2D eigenvalue weighted by atomic mass is 10.2. The Balaban J connectivity index is -0.0000000165. The van der Waals surface area contributed by atoms with E-state index in [2.05, 4.69) is 100 Å². The van der Waals surface area contributed by atoms with E-state index in [1.54, 1.807) is 21.3 Å². The first-order valence-corrected chi connectivity index (χ1v) is 15.5. The summed E-state index contributed by atoms with van der Waals surface area (Å²) in [5.41, 5.74) is 3.78. The molecule has 0 aliphatic rings. The fourth-order valence-corrected chi connectivity index (χ4v) is 2.59. The van der Waals surface area contributed by atoms with E-state index >= 15 is 0 Å². The molecule has 376 valence electrons. The summed E-state index contributed by atoms with van der Waals surface area (Å²) >= 11 is 0. The highest BCUT2D eigenvalue weighted by molar-refractivity contribution is 5.27. The number of aryl methyl sites for hydroxylation is 3. The van der Waals surface area contributed by atoms with Gasteiger partial charge in [0, 0.05) is 6.67 Å². The fraction of sp³-hybridized carbons (Fsp3) is 0.667. The predicted molar refractivity (Wildman–Crippen MR) is 301 cm³/mol. The first kappa shape index (κ1) is 131. The van der Waals surface area contributed by atoms with Gasteiger partial charge < -0.3 is 14.2 Å². The van der Waals surface area contributed by atoms with Crippen molar-refractivity contribution in [2.24, 2.45) is 0 Å². The number of hydrogen-bond acceptors (Lipinski definition) is 5. The molecule has 59 heavy (non-hydrogen) atoms. The molecule has 0 aliphatic heterocycles. The highest BCUT2D eigenvalue weighted by Gasteiger charge is 1.88. The van der Waals surface area contributed by atoms with Crippen molar-refractivity contribution >= 4 is 0 Å². The van der Waals surface area contributed by atoms with Gasteiger partial charge >= 0.3 is 0 Å². The summed E-state index contributed by atoms with van der Waals surface area (Å²) in [5, 5.41) is 0. The maximum atomic E-state index is 4.97. The molecule has 5 heteroatoms. The van der Waals surface area contributed by atoms with Crippen LogP contribution in [0.2, 0.25) is 0 Å². The van der Waals surface area contributed by atoms with Crippen molar-refractivity contribution in [2.75, 3.05) is 56.2 Å². The Labute approximate surface area is 386 Å². The lowest BCUT2D eigenvalue weighted by Crippen LogP contribution is -2.26. The zero-order chi connectivity index (χ0) is 34.1. The molecule has 0 saturated heterocycles. The highest BCUT2D eigenvalue weighted by Crippen LogP contribution is 2.11. The molecule has 0 spiro atoms. The van der Waals surface area contributed by atoms with Crippen LogP contribution in [-0.2, 0) is 0 Å². The first-order chi connectivity index (χ1) is 20.3. The van der Waals surface area contributed by atoms with Crippen LogP contribution >= 0.6 is 0 Å². The molecule has 5 nitrogen and oxygen atoms in total. The summed E-state index contributed by atoms with van der Waals surface area (Å²) in [6.07, 6.45) is 3.75. The third kappa shape index (κ3) is 113. The van der Waals surface area contributed by atoms with E-state index in [1.165, 1.54) is 36.0 Å². The van der Waals surface area contributed by atoms with Crippen LogP contribution in [0.4, 0.5) is 0 Å². The Kier molecular flexibility index (Phi) is 222. The Bertz CT molecular complexity index is 791. The summed E-state index contributed by atoms with van der Waals surface area (Å²) in [7, 11) is 13.2. The van der Waals surface area contributed by atoms with E-state index in [1.807, 2.05) is 72.8 Å². The third-order valence-electron chi connectivity index (χ3n) is 4.34. The van der Waals surface area contributed by atoms with E-state index in [9.17, 15) is 0 Å². The molecule has 0 aliphatic carbocycles. The molecule has 0 saturated carbocycles. The van der Waals surface area contributed by atoms with E-state index < -0.39 is 0 Å². The summed E-state index contributed by atoms with van der Waals surface area (Å²) < 4.78 is 14.9. The van der Waals surface area contributed by atoms with Crippen molar-refractivity contribution in [1.29, 1.82) is 0 Å². The molecule has 0 atom stereocenters. The topological polar surface area (TPSA) is 34.2 Å². The van der Waals surface area contributed by atoms with Crippen molar-refractivity contribution in [3.63, 3.8) is 0 Å². The monoisotopic (exact) mass is 857 g/mol. The van der Waals surface area contributed by atoms with Crippen molar-refractivity contribution in [1.82, 2.24) is 9.80 Å². The fourth-order valence-electron chi connectivity index (χ4n) is 2.59. The molecular weight excluding hydrogens is 725 g/mol. The number of benzene rings is 3. The van der Waals surface area contributed by atoms with Gasteiger partial charge in [-0.2, -0.15) is 0 Å². The van der Waals surface area contributed by atoms with Crippen LogP contribution in [0.5, 0.6) is 17.2 Å². The molecule has 3 aromatic rings. The largest absolute Gasteiger partial charge is 0.497 e. The van der Waals surface area contributed by atoms with E-state index in [0.717, 1.165) is 23.9 Å². The minimum absolute atomic E-state index is 0. The number of ether oxygens (including phenoxy) is 3. The van der Waals surface area contributed by atoms with E-state index in [-0.39, 0.29) is 119 Å². The van der Waals surface area contributed by atoms with E-state index in [4.69, 9.17) is 14.2 Å². The van der Waals surface area contributed by atoms with Crippen LogP contribution in [0.25, 0.3) is 0 Å². The molecule has 3 aromatic carbocycles. The summed E-state index contributed by atoms with van der Waals surface area (Å²) in [6.45, 7) is 19.9. The highest BCUT2D eigenvalue weighted by atomic mass is 16.5. The van der Waals surface area contributed by atoms with Crippen LogP contribution in [-0.4, -0.2) is 66.0 Å². The molecule has 0 radical (unpaired) electrons. The molecule has 0 N–H and O–H groups in total. The second kappa shape index (κ2) is 100. The zero-order valence-electron chi connectivity index (χ0n) is 30.9. The Hall–Kier alpha value is -3.02. The van der Waals surface area contributed by atoms with Crippen LogP contribution < -0.4 is 14.2 Å². The lowest BCUT2D eigenvalue weighted by Gasteiger charge is -2.14. The molecular formula is C54H132N2O3. The number of hydrogen-bond donors (Lipinski definition) is 0. The van der Waals surface area contributed by atoms with Gasteiger partial charge in [-0.05, 0) is 85.4 Å². The van der Waals surface area contributed by atoms with Gasteiger partial charge in [-0.25, -0.2) is 0 Å². The molecule has 0 bridgehead atoms. The quantitative estimate of drug-likeness (QED) is 0.239. The SMILES string of the molecule is C.C.C.C.C.C.C.C.C.C.C.C.C.C.C.C.CCC.CCC.CCC.CN(C)CN(C)C.COc1ccc(C)cc1.COc1ccc(C)cc1.COc1ccc(C)cc1. The van der Waals surface area contributed by atoms with Gasteiger partial charge in [0.1, 0.15) is 17.2 Å². The van der Waals surface area contributed by atoms with Gasteiger partial charge in [0.15, 0.2) is 0 Å². The van der Waals surface area contributed by atoms with E-state index in [0.29, 0.717) is 0 Å². The van der Waals surface area contributed by atoms with Crippen molar-refractivity contribution in [2.45, 2.75) is 200 Å². The maximum absolute atomic E-state index is 4.97. The smallest absolute Gasteiger partial charge is 0.118 e. The van der Waals surface area contributed by atoms with Crippen LogP contribution in [0.1, 0.15) is 196 Å². The normalized spacial score (nSPS) is 6.41. The molecule has 0 aromatic heterocycles. The predicted octanol–water partition coefficient (Wildman–Crippen LogP) is 20.5. The van der Waals surface area contributed by atoms with Crippen LogP contribution in [0, 0.1) is 20.8 Å². The van der Waals surface area contributed by atoms with Gasteiger partial charge in [-0.1, -0.05) is 233 Å². The van der Waals surface area contributed by atoms with Crippen LogP contribution in [0.3, 0.4) is 0 Å². The third-order valence-corrected chi connectivity index (χ3v) is 4.34. The summed E-state index contributed by atoms with van der Waals surface area (Å²) in [4.78, 5) is 4.25.